The fourth-order valence-corrected chi connectivity index (χ4v) is 5.36. The van der Waals surface area contributed by atoms with E-state index in [0.29, 0.717) is 0 Å². The van der Waals surface area contributed by atoms with E-state index in [9.17, 15) is 19.2 Å². The third kappa shape index (κ3) is 4.71. The number of urea groups is 1. The van der Waals surface area contributed by atoms with Crippen molar-refractivity contribution in [1.29, 1.82) is 0 Å². The maximum absolute atomic E-state index is 13.6. The van der Waals surface area contributed by atoms with E-state index in [-0.39, 0.29) is 24.4 Å². The molecular formula is C29H30N4O4. The molecule has 2 heterocycles. The van der Waals surface area contributed by atoms with E-state index in [0.717, 1.165) is 51.5 Å². The summed E-state index contributed by atoms with van der Waals surface area (Å²) in [6.45, 7) is 3.31. The van der Waals surface area contributed by atoms with Crippen molar-refractivity contribution in [3.05, 3.63) is 77.4 Å². The summed E-state index contributed by atoms with van der Waals surface area (Å²) in [5, 5.41) is 6.23. The molecule has 190 valence electrons. The lowest BCUT2D eigenvalue weighted by atomic mass is 9.77. The van der Waals surface area contributed by atoms with Crippen LogP contribution >= 0.6 is 0 Å². The molecule has 2 aromatic carbocycles. The van der Waals surface area contributed by atoms with Crippen LogP contribution < -0.4 is 0 Å². The Balaban J connectivity index is 1.47. The van der Waals surface area contributed by atoms with Crippen molar-refractivity contribution < 1.29 is 19.2 Å². The summed E-state index contributed by atoms with van der Waals surface area (Å²) >= 11 is 0. The van der Waals surface area contributed by atoms with Crippen LogP contribution in [0.5, 0.6) is 0 Å². The van der Waals surface area contributed by atoms with Crippen LogP contribution in [0, 0.1) is 11.8 Å². The smallest absolute Gasteiger partial charge is 0.271 e. The zero-order chi connectivity index (χ0) is 26.1. The predicted molar refractivity (Wildman–Crippen MR) is 139 cm³/mol. The second-order valence-corrected chi connectivity index (χ2v) is 10.1. The molecule has 5 rings (SSSR count). The highest BCUT2D eigenvalue weighted by atomic mass is 16.2. The molecule has 0 N–H and O–H groups in total. The van der Waals surface area contributed by atoms with E-state index in [1.807, 2.05) is 74.5 Å². The minimum absolute atomic E-state index is 0.000820. The van der Waals surface area contributed by atoms with Crippen LogP contribution in [-0.2, 0) is 14.4 Å². The molecule has 0 radical (unpaired) electrons. The van der Waals surface area contributed by atoms with Gasteiger partial charge in [-0.05, 0) is 48.0 Å². The highest BCUT2D eigenvalue weighted by Crippen LogP contribution is 2.44. The molecule has 8 nitrogen and oxygen atoms in total. The van der Waals surface area contributed by atoms with Gasteiger partial charge in [-0.25, -0.2) is 14.7 Å². The van der Waals surface area contributed by atoms with Crippen molar-refractivity contribution in [2.75, 3.05) is 13.1 Å². The van der Waals surface area contributed by atoms with Gasteiger partial charge in [-0.1, -0.05) is 74.5 Å². The average Bonchev–Trinajstić information content (AvgIpc) is 3.38. The number of hydrazone groups is 1. The first-order valence-corrected chi connectivity index (χ1v) is 12.7. The van der Waals surface area contributed by atoms with Crippen LogP contribution in [0.3, 0.4) is 0 Å². The van der Waals surface area contributed by atoms with Crippen LogP contribution in [0.25, 0.3) is 6.08 Å². The van der Waals surface area contributed by atoms with Crippen molar-refractivity contribution >= 4 is 35.5 Å². The number of rotatable bonds is 6. The lowest BCUT2D eigenvalue weighted by Gasteiger charge is -2.30. The molecule has 1 saturated heterocycles. The molecule has 0 spiro atoms. The maximum Gasteiger partial charge on any atom is 0.334 e. The van der Waals surface area contributed by atoms with Crippen LogP contribution in [-0.4, -0.2) is 57.4 Å². The monoisotopic (exact) mass is 498 g/mol. The minimum Gasteiger partial charge on any atom is -0.271 e. The average molecular weight is 499 g/mol. The predicted octanol–water partition coefficient (Wildman–Crippen LogP) is 4.26. The van der Waals surface area contributed by atoms with E-state index < -0.39 is 30.3 Å². The van der Waals surface area contributed by atoms with E-state index >= 15 is 0 Å². The fourth-order valence-electron chi connectivity index (χ4n) is 5.36. The first-order chi connectivity index (χ1) is 17.8. The largest absolute Gasteiger partial charge is 0.334 e. The van der Waals surface area contributed by atoms with E-state index in [1.54, 1.807) is 0 Å². The second-order valence-electron chi connectivity index (χ2n) is 10.1. The number of fused-ring (bicyclic) bond motifs is 1. The van der Waals surface area contributed by atoms with E-state index in [4.69, 9.17) is 5.10 Å². The Kier molecular flexibility index (Phi) is 6.74. The standard InChI is InChI=1S/C29H30N4O4/c1-19(2)17-31-27(35)28(36)32(29(31)37)18-24(34)33-26(21-12-7-4-8-13-21)23-15-9-14-22(25(23)30-33)16-20-10-5-3-6-11-20/h3-8,10-13,16,19,23,26H,9,14-15,17-18H2,1-2H3/b22-16+/t23-,26-/m0/s1. The maximum atomic E-state index is 13.6. The molecule has 2 atom stereocenters. The van der Waals surface area contributed by atoms with Gasteiger partial charge in [0.15, 0.2) is 0 Å². The summed E-state index contributed by atoms with van der Waals surface area (Å²) in [6, 6.07) is 18.6. The van der Waals surface area contributed by atoms with E-state index in [2.05, 4.69) is 6.08 Å². The number of nitrogens with zero attached hydrogens (tertiary/aromatic N) is 4. The van der Waals surface area contributed by atoms with Gasteiger partial charge in [-0.15, -0.1) is 0 Å². The molecule has 2 aromatic rings. The quantitative estimate of drug-likeness (QED) is 0.440. The number of hydrogen-bond acceptors (Lipinski definition) is 5. The Labute approximate surface area is 216 Å². The molecule has 0 bridgehead atoms. The third-order valence-corrected chi connectivity index (χ3v) is 7.01. The van der Waals surface area contributed by atoms with Gasteiger partial charge in [0.1, 0.15) is 6.54 Å². The lowest BCUT2D eigenvalue weighted by Crippen LogP contribution is -2.43. The van der Waals surface area contributed by atoms with E-state index in [1.165, 1.54) is 5.01 Å². The van der Waals surface area contributed by atoms with Gasteiger partial charge in [0.25, 0.3) is 5.91 Å². The molecule has 2 fully saturated rings. The summed E-state index contributed by atoms with van der Waals surface area (Å²) in [5.41, 5.74) is 3.97. The number of benzene rings is 2. The molecule has 5 amide bonds. The van der Waals surface area contributed by atoms with Crippen molar-refractivity contribution in [2.24, 2.45) is 16.9 Å². The Bertz CT molecular complexity index is 1290. The summed E-state index contributed by atoms with van der Waals surface area (Å²) in [7, 11) is 0. The van der Waals surface area contributed by atoms with Gasteiger partial charge in [-0.2, -0.15) is 5.10 Å². The Hall–Kier alpha value is -4.07. The molecule has 3 aliphatic rings. The first kappa shape index (κ1) is 24.6. The zero-order valence-electron chi connectivity index (χ0n) is 21.0. The van der Waals surface area contributed by atoms with Crippen molar-refractivity contribution in [3.8, 4) is 0 Å². The Morgan fingerprint density at radius 3 is 2.30 bits per heavy atom. The van der Waals surface area contributed by atoms with Crippen LogP contribution in [0.2, 0.25) is 0 Å². The van der Waals surface area contributed by atoms with Crippen molar-refractivity contribution in [1.82, 2.24) is 14.8 Å². The van der Waals surface area contributed by atoms with Crippen molar-refractivity contribution in [3.63, 3.8) is 0 Å². The molecule has 2 aliphatic heterocycles. The van der Waals surface area contributed by atoms with Gasteiger partial charge < -0.3 is 0 Å². The van der Waals surface area contributed by atoms with Gasteiger partial charge >= 0.3 is 17.8 Å². The van der Waals surface area contributed by atoms with Gasteiger partial charge in [0.05, 0.1) is 11.8 Å². The number of allylic oxidation sites excluding steroid dienone is 1. The highest BCUT2D eigenvalue weighted by Gasteiger charge is 2.48. The van der Waals surface area contributed by atoms with Crippen molar-refractivity contribution in [2.45, 2.75) is 39.2 Å². The van der Waals surface area contributed by atoms with Gasteiger partial charge in [0, 0.05) is 12.5 Å². The number of amides is 5. The zero-order valence-corrected chi connectivity index (χ0v) is 21.0. The van der Waals surface area contributed by atoms with Crippen LogP contribution in [0.15, 0.2) is 71.3 Å². The molecule has 37 heavy (non-hydrogen) atoms. The first-order valence-electron chi connectivity index (χ1n) is 12.7. The third-order valence-electron chi connectivity index (χ3n) is 7.01. The SMILES string of the molecule is CC(C)CN1C(=O)C(=O)N(CC(=O)N2N=C3/C(=C/c4ccccc4)CCC[C@@H]3[C@@H]2c2ccccc2)C1=O. The number of hydrogen-bond donors (Lipinski definition) is 0. The molecule has 1 saturated carbocycles. The Morgan fingerprint density at radius 1 is 0.973 bits per heavy atom. The summed E-state index contributed by atoms with van der Waals surface area (Å²) in [4.78, 5) is 53.2. The van der Waals surface area contributed by atoms with Gasteiger partial charge in [-0.3, -0.25) is 19.3 Å². The number of imide groups is 2. The van der Waals surface area contributed by atoms with Gasteiger partial charge in [0.2, 0.25) is 0 Å². The number of carbonyl (C=O) groups excluding carboxylic acids is 4. The Morgan fingerprint density at radius 2 is 1.62 bits per heavy atom. The summed E-state index contributed by atoms with van der Waals surface area (Å²) in [6.07, 6.45) is 4.82. The topological polar surface area (TPSA) is 90.4 Å². The van der Waals surface area contributed by atoms with Crippen LogP contribution in [0.4, 0.5) is 4.79 Å². The second kappa shape index (κ2) is 10.1. The van der Waals surface area contributed by atoms with Crippen LogP contribution in [0.1, 0.15) is 50.3 Å². The lowest BCUT2D eigenvalue weighted by molar-refractivity contribution is -0.145. The molecule has 0 unspecified atom stereocenters. The molecule has 0 aromatic heterocycles. The molecule has 1 aliphatic carbocycles. The highest BCUT2D eigenvalue weighted by molar-refractivity contribution is 6.45. The minimum atomic E-state index is -0.968. The number of carbonyl (C=O) groups is 4. The summed E-state index contributed by atoms with van der Waals surface area (Å²) < 4.78 is 0. The normalized spacial score (nSPS) is 22.8. The fraction of sp³-hybridized carbons (Fsp3) is 0.345. The molecular weight excluding hydrogens is 468 g/mol. The molecule has 8 heteroatoms. The summed E-state index contributed by atoms with van der Waals surface area (Å²) in [5.74, 6) is -2.35.